The first-order valence-corrected chi connectivity index (χ1v) is 3.40. The fraction of sp³-hybridized carbons (Fsp3) is 0.500. The maximum Gasteiger partial charge on any atom is 0.303 e. The molecular formula is C8H12O3. The predicted octanol–water partition coefficient (Wildman–Crippen LogP) is 1.39. The number of rotatable bonds is 5. The number of ketones is 1. The molecule has 0 atom stereocenters. The largest absolute Gasteiger partial charge is 0.481 e. The highest BCUT2D eigenvalue weighted by Crippen LogP contribution is 2.01. The molecule has 0 amide bonds. The molecule has 0 aliphatic carbocycles. The van der Waals surface area contributed by atoms with Crippen LogP contribution in [0.1, 0.15) is 26.2 Å². The average Bonchev–Trinajstić information content (AvgIpc) is 1.82. The third kappa shape index (κ3) is 6.77. The van der Waals surface area contributed by atoms with E-state index in [0.29, 0.717) is 6.42 Å². The molecule has 3 heteroatoms. The Morgan fingerprint density at radius 3 is 2.27 bits per heavy atom. The van der Waals surface area contributed by atoms with E-state index >= 15 is 0 Å². The zero-order valence-electron chi connectivity index (χ0n) is 6.59. The first-order valence-electron chi connectivity index (χ1n) is 3.40. The van der Waals surface area contributed by atoms with Crippen LogP contribution in [0.25, 0.3) is 0 Å². The van der Waals surface area contributed by atoms with E-state index in [-0.39, 0.29) is 18.6 Å². The Labute approximate surface area is 65.7 Å². The third-order valence-corrected chi connectivity index (χ3v) is 1.12. The van der Waals surface area contributed by atoms with Crippen molar-refractivity contribution in [1.29, 1.82) is 0 Å². The van der Waals surface area contributed by atoms with Gasteiger partial charge in [-0.25, -0.2) is 0 Å². The van der Waals surface area contributed by atoms with Crippen molar-refractivity contribution in [3.63, 3.8) is 0 Å². The molecule has 1 N–H and O–H groups in total. The molecule has 0 saturated heterocycles. The molecule has 0 saturated carbocycles. The van der Waals surface area contributed by atoms with Crippen LogP contribution in [0.2, 0.25) is 0 Å². The number of allylic oxidation sites excluding steroid dienone is 1. The summed E-state index contributed by atoms with van der Waals surface area (Å²) in [7, 11) is 0. The monoisotopic (exact) mass is 156 g/mol. The molecule has 11 heavy (non-hydrogen) atoms. The van der Waals surface area contributed by atoms with E-state index in [1.54, 1.807) is 6.92 Å². The van der Waals surface area contributed by atoms with Crippen molar-refractivity contribution in [2.75, 3.05) is 0 Å². The van der Waals surface area contributed by atoms with Gasteiger partial charge in [0, 0.05) is 12.8 Å². The van der Waals surface area contributed by atoms with Gasteiger partial charge in [-0.05, 0) is 6.92 Å². The van der Waals surface area contributed by atoms with Gasteiger partial charge in [-0.15, -0.1) is 0 Å². The lowest BCUT2D eigenvalue weighted by atomic mass is 10.1. The molecule has 0 aromatic rings. The highest BCUT2D eigenvalue weighted by molar-refractivity contribution is 5.83. The summed E-state index contributed by atoms with van der Waals surface area (Å²) in [6.45, 7) is 5.30. The van der Waals surface area contributed by atoms with E-state index in [4.69, 9.17) is 5.11 Å². The van der Waals surface area contributed by atoms with Gasteiger partial charge >= 0.3 is 5.97 Å². The Hall–Kier alpha value is -1.12. The van der Waals surface area contributed by atoms with Gasteiger partial charge < -0.3 is 5.11 Å². The lowest BCUT2D eigenvalue weighted by Gasteiger charge is -1.96. The second-order valence-electron chi connectivity index (χ2n) is 2.57. The molecule has 0 aliphatic heterocycles. The maximum absolute atomic E-state index is 10.8. The molecule has 0 rings (SSSR count). The van der Waals surface area contributed by atoms with Gasteiger partial charge in [-0.2, -0.15) is 0 Å². The quantitative estimate of drug-likeness (QED) is 0.612. The lowest BCUT2D eigenvalue weighted by Crippen LogP contribution is -2.02. The second-order valence-corrected chi connectivity index (χ2v) is 2.57. The van der Waals surface area contributed by atoms with Crippen molar-refractivity contribution in [2.24, 2.45) is 0 Å². The van der Waals surface area contributed by atoms with Crippen LogP contribution in [0.4, 0.5) is 0 Å². The SMILES string of the molecule is C=C(C)CC(=O)CCC(=O)O. The number of carboxylic acids is 1. The van der Waals surface area contributed by atoms with Crippen molar-refractivity contribution in [2.45, 2.75) is 26.2 Å². The molecule has 0 radical (unpaired) electrons. The second kappa shape index (κ2) is 4.66. The Morgan fingerprint density at radius 2 is 1.91 bits per heavy atom. The van der Waals surface area contributed by atoms with E-state index in [0.717, 1.165) is 5.57 Å². The number of carbonyl (C=O) groups is 2. The minimum absolute atomic E-state index is 0.0556. The topological polar surface area (TPSA) is 54.4 Å². The fourth-order valence-corrected chi connectivity index (χ4v) is 0.671. The van der Waals surface area contributed by atoms with Crippen molar-refractivity contribution >= 4 is 11.8 Å². The number of Topliss-reactive ketones (excluding diaryl/α,β-unsaturated/α-hetero) is 1. The minimum atomic E-state index is -0.930. The summed E-state index contributed by atoms with van der Waals surface area (Å²) in [6.07, 6.45) is 0.335. The van der Waals surface area contributed by atoms with Crippen molar-refractivity contribution < 1.29 is 14.7 Å². The summed E-state index contributed by atoms with van der Waals surface area (Å²) in [5.74, 6) is -0.986. The number of aliphatic carboxylic acids is 1. The summed E-state index contributed by atoms with van der Waals surface area (Å²) >= 11 is 0. The average molecular weight is 156 g/mol. The van der Waals surface area contributed by atoms with E-state index < -0.39 is 5.97 Å². The standard InChI is InChI=1S/C8H12O3/c1-6(2)5-7(9)3-4-8(10)11/h1,3-5H2,2H3,(H,10,11). The normalized spacial score (nSPS) is 9.18. The van der Waals surface area contributed by atoms with E-state index in [9.17, 15) is 9.59 Å². The van der Waals surface area contributed by atoms with Crippen LogP contribution in [0.5, 0.6) is 0 Å². The smallest absolute Gasteiger partial charge is 0.303 e. The number of hydrogen-bond donors (Lipinski definition) is 1. The maximum atomic E-state index is 10.8. The predicted molar refractivity (Wildman–Crippen MR) is 41.3 cm³/mol. The van der Waals surface area contributed by atoms with Crippen LogP contribution in [0.3, 0.4) is 0 Å². The number of hydrogen-bond acceptors (Lipinski definition) is 2. The third-order valence-electron chi connectivity index (χ3n) is 1.12. The van der Waals surface area contributed by atoms with Crippen molar-refractivity contribution in [1.82, 2.24) is 0 Å². The Balaban J connectivity index is 3.53. The Bertz CT molecular complexity index is 182. The summed E-state index contributed by atoms with van der Waals surface area (Å²) in [5, 5.41) is 8.22. The van der Waals surface area contributed by atoms with E-state index in [1.165, 1.54) is 0 Å². The van der Waals surface area contributed by atoms with Crippen LogP contribution in [0, 0.1) is 0 Å². The Kier molecular flexibility index (Phi) is 4.18. The van der Waals surface area contributed by atoms with Gasteiger partial charge in [0.1, 0.15) is 5.78 Å². The zero-order valence-corrected chi connectivity index (χ0v) is 6.59. The summed E-state index contributed by atoms with van der Waals surface area (Å²) in [6, 6.07) is 0. The van der Waals surface area contributed by atoms with Crippen molar-refractivity contribution in [3.8, 4) is 0 Å². The number of carboxylic acid groups (broad SMARTS) is 1. The molecule has 0 heterocycles. The molecular weight excluding hydrogens is 144 g/mol. The van der Waals surface area contributed by atoms with E-state index in [1.807, 2.05) is 0 Å². The molecule has 0 aliphatic rings. The first-order chi connectivity index (χ1) is 5.02. The zero-order chi connectivity index (χ0) is 8.85. The lowest BCUT2D eigenvalue weighted by molar-refractivity contribution is -0.138. The van der Waals surface area contributed by atoms with E-state index in [2.05, 4.69) is 6.58 Å². The molecule has 0 fully saturated rings. The van der Waals surface area contributed by atoms with Crippen molar-refractivity contribution in [3.05, 3.63) is 12.2 Å². The van der Waals surface area contributed by atoms with Gasteiger partial charge in [0.2, 0.25) is 0 Å². The van der Waals surface area contributed by atoms with Crippen LogP contribution >= 0.6 is 0 Å². The molecule has 3 nitrogen and oxygen atoms in total. The number of carbonyl (C=O) groups excluding carboxylic acids is 1. The van der Waals surface area contributed by atoms with Gasteiger partial charge in [0.25, 0.3) is 0 Å². The summed E-state index contributed by atoms with van der Waals surface area (Å²) in [5.41, 5.74) is 0.778. The van der Waals surface area contributed by atoms with Gasteiger partial charge in [-0.1, -0.05) is 12.2 Å². The molecule has 62 valence electrons. The molecule has 0 bridgehead atoms. The molecule has 0 aromatic heterocycles. The molecule has 0 aromatic carbocycles. The van der Waals surface area contributed by atoms with Crippen LogP contribution in [0.15, 0.2) is 12.2 Å². The molecule has 0 spiro atoms. The Morgan fingerprint density at radius 1 is 1.36 bits per heavy atom. The fourth-order valence-electron chi connectivity index (χ4n) is 0.671. The summed E-state index contributed by atoms with van der Waals surface area (Å²) in [4.78, 5) is 20.8. The van der Waals surface area contributed by atoms with Gasteiger partial charge in [0.05, 0.1) is 6.42 Å². The van der Waals surface area contributed by atoms with Crippen LogP contribution in [-0.4, -0.2) is 16.9 Å². The van der Waals surface area contributed by atoms with Gasteiger partial charge in [0.15, 0.2) is 0 Å². The molecule has 0 unspecified atom stereocenters. The van der Waals surface area contributed by atoms with Crippen LogP contribution < -0.4 is 0 Å². The minimum Gasteiger partial charge on any atom is -0.481 e. The van der Waals surface area contributed by atoms with Crippen LogP contribution in [-0.2, 0) is 9.59 Å². The highest BCUT2D eigenvalue weighted by atomic mass is 16.4. The first kappa shape index (κ1) is 9.88. The summed E-state index contributed by atoms with van der Waals surface area (Å²) < 4.78 is 0. The van der Waals surface area contributed by atoms with Gasteiger partial charge in [-0.3, -0.25) is 9.59 Å². The highest BCUT2D eigenvalue weighted by Gasteiger charge is 2.04.